The van der Waals surface area contributed by atoms with Crippen LogP contribution in [-0.4, -0.2) is 54.4 Å². The zero-order valence-electron chi connectivity index (χ0n) is 8.97. The topological polar surface area (TPSA) is 52.6 Å². The lowest BCUT2D eigenvalue weighted by Gasteiger charge is -2.25. The smallest absolute Gasteiger partial charge is 0.379 e. The molecule has 94 valence electrons. The van der Waals surface area contributed by atoms with Gasteiger partial charge in [-0.3, -0.25) is 4.79 Å². The molecule has 1 saturated heterocycles. The predicted octanol–water partition coefficient (Wildman–Crippen LogP) is 0.122. The molecule has 1 amide bonds. The van der Waals surface area contributed by atoms with E-state index >= 15 is 0 Å². The second-order valence-electron chi connectivity index (χ2n) is 3.95. The summed E-state index contributed by atoms with van der Waals surface area (Å²) in [7, 11) is 1.66. The minimum absolute atomic E-state index is 0.0431. The van der Waals surface area contributed by atoms with Crippen molar-refractivity contribution in [1.29, 1.82) is 0 Å². The average Bonchev–Trinajstić information content (AvgIpc) is 2.58. The molecule has 0 aliphatic carbocycles. The maximum atomic E-state index is 12.4. The normalized spacial score (nSPS) is 26.2. The number of nitrogens with zero attached hydrogens (tertiary/aromatic N) is 1. The monoisotopic (exact) mass is 240 g/mol. The summed E-state index contributed by atoms with van der Waals surface area (Å²) in [6.07, 6.45) is -4.97. The Bertz CT molecular complexity index is 270. The predicted molar refractivity (Wildman–Crippen MR) is 50.7 cm³/mol. The maximum Gasteiger partial charge on any atom is 0.419 e. The molecule has 1 atom stereocenters. The second kappa shape index (κ2) is 4.58. The molecule has 2 N–H and O–H groups in total. The van der Waals surface area contributed by atoms with Gasteiger partial charge in [-0.1, -0.05) is 0 Å². The molecule has 0 bridgehead atoms. The van der Waals surface area contributed by atoms with Gasteiger partial charge in [-0.2, -0.15) is 13.2 Å². The van der Waals surface area contributed by atoms with Gasteiger partial charge in [0.25, 0.3) is 0 Å². The summed E-state index contributed by atoms with van der Waals surface area (Å²) in [6.45, 7) is -0.280. The Balaban J connectivity index is 2.55. The third-order valence-corrected chi connectivity index (χ3v) is 2.72. The van der Waals surface area contributed by atoms with Gasteiger partial charge in [0, 0.05) is 25.9 Å². The molecular weight excluding hydrogens is 225 g/mol. The largest absolute Gasteiger partial charge is 0.419 e. The number of aliphatic hydroxyl groups is 1. The van der Waals surface area contributed by atoms with Crippen LogP contribution in [0.1, 0.15) is 12.8 Å². The van der Waals surface area contributed by atoms with E-state index in [1.54, 1.807) is 7.05 Å². The highest BCUT2D eigenvalue weighted by Crippen LogP contribution is 2.37. The molecule has 7 heteroatoms. The Morgan fingerprint density at radius 2 is 2.19 bits per heavy atom. The fourth-order valence-corrected chi connectivity index (χ4v) is 1.63. The minimum Gasteiger partial charge on any atom is -0.379 e. The van der Waals surface area contributed by atoms with Gasteiger partial charge in [0.2, 0.25) is 5.91 Å². The van der Waals surface area contributed by atoms with Crippen molar-refractivity contribution in [3.63, 3.8) is 0 Å². The van der Waals surface area contributed by atoms with Crippen LogP contribution >= 0.6 is 0 Å². The first-order valence-electron chi connectivity index (χ1n) is 5.01. The van der Waals surface area contributed by atoms with Crippen molar-refractivity contribution >= 4 is 5.91 Å². The second-order valence-corrected chi connectivity index (χ2v) is 3.95. The van der Waals surface area contributed by atoms with Crippen molar-refractivity contribution < 1.29 is 23.1 Å². The molecule has 0 aromatic rings. The summed E-state index contributed by atoms with van der Waals surface area (Å²) in [4.78, 5) is 12.5. The molecular formula is C9H15F3N2O2. The average molecular weight is 240 g/mol. The zero-order valence-corrected chi connectivity index (χ0v) is 8.97. The molecule has 1 fully saturated rings. The fourth-order valence-electron chi connectivity index (χ4n) is 1.63. The van der Waals surface area contributed by atoms with Crippen LogP contribution < -0.4 is 5.32 Å². The molecule has 1 heterocycles. The van der Waals surface area contributed by atoms with Gasteiger partial charge in [-0.25, -0.2) is 0 Å². The highest BCUT2D eigenvalue weighted by molar-refractivity contribution is 5.76. The van der Waals surface area contributed by atoms with E-state index in [9.17, 15) is 23.1 Å². The lowest BCUT2D eigenvalue weighted by atomic mass is 10.0. The summed E-state index contributed by atoms with van der Waals surface area (Å²) in [5.74, 6) is -0.366. The van der Waals surface area contributed by atoms with Crippen LogP contribution in [0.2, 0.25) is 0 Å². The number of amides is 1. The van der Waals surface area contributed by atoms with Crippen molar-refractivity contribution in [3.8, 4) is 0 Å². The van der Waals surface area contributed by atoms with Gasteiger partial charge in [0.15, 0.2) is 5.60 Å². The Kier molecular flexibility index (Phi) is 3.80. The summed E-state index contributed by atoms with van der Waals surface area (Å²) >= 11 is 0. The Morgan fingerprint density at radius 1 is 1.56 bits per heavy atom. The Labute approximate surface area is 91.4 Å². The van der Waals surface area contributed by atoms with Gasteiger partial charge in [-0.05, 0) is 7.05 Å². The Morgan fingerprint density at radius 3 is 2.62 bits per heavy atom. The SMILES string of the molecule is CNCCC(=O)N1CCC(O)(C(F)(F)F)C1. The number of carbonyl (C=O) groups is 1. The van der Waals surface area contributed by atoms with E-state index in [2.05, 4.69) is 5.32 Å². The van der Waals surface area contributed by atoms with E-state index in [1.165, 1.54) is 0 Å². The number of β-amino-alcohol motifs (C(OH)–C–C–N with tert-alkyl or cyclic N) is 1. The summed E-state index contributed by atoms with van der Waals surface area (Å²) in [5, 5.41) is 12.1. The molecule has 1 aliphatic rings. The van der Waals surface area contributed by atoms with E-state index in [1.807, 2.05) is 0 Å². The number of hydrogen-bond acceptors (Lipinski definition) is 3. The quantitative estimate of drug-likeness (QED) is 0.737. The zero-order chi connectivity index (χ0) is 12.4. The van der Waals surface area contributed by atoms with E-state index in [0.717, 1.165) is 4.90 Å². The molecule has 0 aromatic carbocycles. The number of carbonyl (C=O) groups excluding carboxylic acids is 1. The number of likely N-dealkylation sites (tertiary alicyclic amines) is 1. The molecule has 0 aromatic heterocycles. The van der Waals surface area contributed by atoms with Gasteiger partial charge in [0.05, 0.1) is 6.54 Å². The van der Waals surface area contributed by atoms with Crippen LogP contribution in [-0.2, 0) is 4.79 Å². The van der Waals surface area contributed by atoms with Gasteiger partial charge in [-0.15, -0.1) is 0 Å². The first-order chi connectivity index (χ1) is 7.30. The molecule has 0 radical (unpaired) electrons. The van der Waals surface area contributed by atoms with E-state index in [4.69, 9.17) is 0 Å². The first kappa shape index (κ1) is 13.2. The molecule has 1 rings (SSSR count). The van der Waals surface area contributed by atoms with Crippen molar-refractivity contribution in [3.05, 3.63) is 0 Å². The number of nitrogens with one attached hydrogen (secondary N) is 1. The van der Waals surface area contributed by atoms with Crippen LogP contribution in [0.3, 0.4) is 0 Å². The third kappa shape index (κ3) is 2.65. The van der Waals surface area contributed by atoms with Crippen molar-refractivity contribution in [2.24, 2.45) is 0 Å². The lowest BCUT2D eigenvalue weighted by molar-refractivity contribution is -0.253. The van der Waals surface area contributed by atoms with Crippen LogP contribution in [0, 0.1) is 0 Å². The first-order valence-corrected chi connectivity index (χ1v) is 5.01. The fraction of sp³-hybridized carbons (Fsp3) is 0.889. The number of hydrogen-bond donors (Lipinski definition) is 2. The molecule has 16 heavy (non-hydrogen) atoms. The van der Waals surface area contributed by atoms with Crippen LogP contribution in [0.5, 0.6) is 0 Å². The van der Waals surface area contributed by atoms with Crippen LogP contribution in [0.4, 0.5) is 13.2 Å². The standard InChI is InChI=1S/C9H15F3N2O2/c1-13-4-2-7(15)14-5-3-8(16,6-14)9(10,11)12/h13,16H,2-6H2,1H3. The number of alkyl halides is 3. The lowest BCUT2D eigenvalue weighted by Crippen LogP contribution is -2.48. The molecule has 1 unspecified atom stereocenters. The molecule has 4 nitrogen and oxygen atoms in total. The summed E-state index contributed by atoms with van der Waals surface area (Å²) in [5.41, 5.74) is -2.73. The Hall–Kier alpha value is -0.820. The molecule has 0 saturated carbocycles. The highest BCUT2D eigenvalue weighted by Gasteiger charge is 2.57. The van der Waals surface area contributed by atoms with Crippen LogP contribution in [0.15, 0.2) is 0 Å². The van der Waals surface area contributed by atoms with Crippen molar-refractivity contribution in [1.82, 2.24) is 10.2 Å². The summed E-state index contributed by atoms with van der Waals surface area (Å²) < 4.78 is 37.3. The highest BCUT2D eigenvalue weighted by atomic mass is 19.4. The number of rotatable bonds is 3. The number of halogens is 3. The van der Waals surface area contributed by atoms with Crippen molar-refractivity contribution in [2.75, 3.05) is 26.7 Å². The van der Waals surface area contributed by atoms with Gasteiger partial charge < -0.3 is 15.3 Å². The van der Waals surface area contributed by atoms with E-state index in [0.29, 0.717) is 6.54 Å². The van der Waals surface area contributed by atoms with Crippen LogP contribution in [0.25, 0.3) is 0 Å². The third-order valence-electron chi connectivity index (χ3n) is 2.72. The molecule has 0 spiro atoms. The van der Waals surface area contributed by atoms with Crippen molar-refractivity contribution in [2.45, 2.75) is 24.6 Å². The summed E-state index contributed by atoms with van der Waals surface area (Å²) in [6, 6.07) is 0. The van der Waals surface area contributed by atoms with E-state index < -0.39 is 24.7 Å². The molecule has 1 aliphatic heterocycles. The van der Waals surface area contributed by atoms with E-state index in [-0.39, 0.29) is 18.9 Å². The van der Waals surface area contributed by atoms with Gasteiger partial charge in [0.1, 0.15) is 0 Å². The van der Waals surface area contributed by atoms with Gasteiger partial charge >= 0.3 is 6.18 Å². The minimum atomic E-state index is -4.68. The maximum absolute atomic E-state index is 12.4.